The van der Waals surface area contributed by atoms with Crippen LogP contribution in [0.4, 0.5) is 18.9 Å². The molecule has 0 saturated heterocycles. The van der Waals surface area contributed by atoms with Gasteiger partial charge in [-0.3, -0.25) is 0 Å². The van der Waals surface area contributed by atoms with E-state index in [4.69, 9.17) is 5.26 Å². The molecule has 1 rings (SSSR count). The van der Waals surface area contributed by atoms with E-state index in [1.165, 1.54) is 6.07 Å². The van der Waals surface area contributed by atoms with Gasteiger partial charge in [-0.2, -0.15) is 18.4 Å². The van der Waals surface area contributed by atoms with Gasteiger partial charge in [0.15, 0.2) is 0 Å². The molecule has 104 valence electrons. The molecule has 6 heteroatoms. The third kappa shape index (κ3) is 4.45. The number of anilines is 1. The van der Waals surface area contributed by atoms with Gasteiger partial charge in [-0.1, -0.05) is 6.92 Å². The van der Waals surface area contributed by atoms with E-state index in [1.54, 1.807) is 6.07 Å². The van der Waals surface area contributed by atoms with E-state index in [1.807, 2.05) is 14.0 Å². The Morgan fingerprint density at radius 2 is 2.05 bits per heavy atom. The zero-order valence-electron chi connectivity index (χ0n) is 10.9. The van der Waals surface area contributed by atoms with Crippen LogP contribution in [0.1, 0.15) is 18.1 Å². The van der Waals surface area contributed by atoms with Crippen molar-refractivity contribution in [3.05, 3.63) is 29.3 Å². The third-order valence-corrected chi connectivity index (χ3v) is 2.82. The number of rotatable bonds is 5. The maximum Gasteiger partial charge on any atom is 0.416 e. The predicted molar refractivity (Wildman–Crippen MR) is 67.8 cm³/mol. The second-order valence-corrected chi connectivity index (χ2v) is 4.19. The smallest absolute Gasteiger partial charge is 0.383 e. The number of nitrogens with one attached hydrogen (secondary N) is 1. The van der Waals surface area contributed by atoms with Crippen LogP contribution in [0.5, 0.6) is 0 Å². The number of nitrogens with zero attached hydrogens (tertiary/aromatic N) is 2. The number of benzene rings is 1. The quantitative estimate of drug-likeness (QED) is 0.895. The molecule has 0 bridgehead atoms. The van der Waals surface area contributed by atoms with E-state index in [9.17, 15) is 13.2 Å². The molecule has 0 spiro atoms. The van der Waals surface area contributed by atoms with Crippen LogP contribution in [0.25, 0.3) is 0 Å². The van der Waals surface area contributed by atoms with Crippen LogP contribution in [-0.2, 0) is 6.18 Å². The summed E-state index contributed by atoms with van der Waals surface area (Å²) in [7, 11) is 1.94. The topological polar surface area (TPSA) is 39.1 Å². The van der Waals surface area contributed by atoms with Crippen molar-refractivity contribution in [2.75, 3.05) is 32.0 Å². The summed E-state index contributed by atoms with van der Waals surface area (Å²) in [4.78, 5) is 2.06. The van der Waals surface area contributed by atoms with Crippen molar-refractivity contribution in [2.45, 2.75) is 13.1 Å². The van der Waals surface area contributed by atoms with Crippen LogP contribution in [0.3, 0.4) is 0 Å². The van der Waals surface area contributed by atoms with E-state index in [2.05, 4.69) is 10.2 Å². The normalized spacial score (nSPS) is 11.4. The first kappa shape index (κ1) is 15.3. The van der Waals surface area contributed by atoms with Crippen molar-refractivity contribution in [1.29, 1.82) is 5.26 Å². The highest BCUT2D eigenvalue weighted by Crippen LogP contribution is 2.31. The lowest BCUT2D eigenvalue weighted by Crippen LogP contribution is -2.24. The third-order valence-electron chi connectivity index (χ3n) is 2.82. The van der Waals surface area contributed by atoms with Crippen molar-refractivity contribution in [1.82, 2.24) is 4.90 Å². The summed E-state index contributed by atoms with van der Waals surface area (Å²) >= 11 is 0. The van der Waals surface area contributed by atoms with Gasteiger partial charge in [-0.25, -0.2) is 0 Å². The van der Waals surface area contributed by atoms with Crippen LogP contribution in [0.2, 0.25) is 0 Å². The van der Waals surface area contributed by atoms with Gasteiger partial charge in [0.2, 0.25) is 0 Å². The monoisotopic (exact) mass is 271 g/mol. The number of likely N-dealkylation sites (N-methyl/N-ethyl adjacent to an activating group) is 1. The summed E-state index contributed by atoms with van der Waals surface area (Å²) in [6.45, 7) is 4.23. The first-order valence-corrected chi connectivity index (χ1v) is 5.92. The van der Waals surface area contributed by atoms with E-state index in [-0.39, 0.29) is 5.56 Å². The van der Waals surface area contributed by atoms with Crippen LogP contribution in [-0.4, -0.2) is 31.6 Å². The van der Waals surface area contributed by atoms with Crippen LogP contribution in [0.15, 0.2) is 18.2 Å². The minimum absolute atomic E-state index is 0.00831. The summed E-state index contributed by atoms with van der Waals surface area (Å²) in [5.74, 6) is 0. The molecule has 0 saturated carbocycles. The second-order valence-electron chi connectivity index (χ2n) is 4.19. The lowest BCUT2D eigenvalue weighted by Gasteiger charge is -2.16. The number of hydrogen-bond donors (Lipinski definition) is 1. The van der Waals surface area contributed by atoms with Crippen molar-refractivity contribution in [2.24, 2.45) is 0 Å². The molecule has 0 amide bonds. The molecular weight excluding hydrogens is 255 g/mol. The Morgan fingerprint density at radius 3 is 2.58 bits per heavy atom. The predicted octanol–water partition coefficient (Wildman–Crippen LogP) is 2.94. The van der Waals surface area contributed by atoms with Gasteiger partial charge in [-0.15, -0.1) is 0 Å². The Balaban J connectivity index is 2.78. The zero-order chi connectivity index (χ0) is 14.5. The molecular formula is C13H16F3N3. The van der Waals surface area contributed by atoms with Crippen molar-refractivity contribution in [3.63, 3.8) is 0 Å². The lowest BCUT2D eigenvalue weighted by atomic mass is 10.1. The van der Waals surface area contributed by atoms with E-state index < -0.39 is 11.7 Å². The Bertz CT molecular complexity index is 463. The van der Waals surface area contributed by atoms with Gasteiger partial charge in [0.25, 0.3) is 0 Å². The highest BCUT2D eigenvalue weighted by Gasteiger charge is 2.30. The lowest BCUT2D eigenvalue weighted by molar-refractivity contribution is -0.137. The van der Waals surface area contributed by atoms with Gasteiger partial charge in [-0.05, 0) is 31.8 Å². The minimum Gasteiger partial charge on any atom is -0.383 e. The fraction of sp³-hybridized carbons (Fsp3) is 0.462. The van der Waals surface area contributed by atoms with E-state index >= 15 is 0 Å². The average Bonchev–Trinajstić information content (AvgIpc) is 2.37. The molecule has 19 heavy (non-hydrogen) atoms. The number of hydrogen-bond acceptors (Lipinski definition) is 3. The van der Waals surface area contributed by atoms with Crippen molar-refractivity contribution < 1.29 is 13.2 Å². The Hall–Kier alpha value is -1.74. The van der Waals surface area contributed by atoms with Gasteiger partial charge >= 0.3 is 6.18 Å². The standard InChI is InChI=1S/C13H16F3N3/c1-3-19(2)7-6-18-12-5-4-11(13(14,15)16)8-10(12)9-17/h4-5,8,18H,3,6-7H2,1-2H3. The van der Waals surface area contributed by atoms with Crippen molar-refractivity contribution in [3.8, 4) is 6.07 Å². The molecule has 0 unspecified atom stereocenters. The minimum atomic E-state index is -4.42. The first-order valence-electron chi connectivity index (χ1n) is 5.92. The van der Waals surface area contributed by atoms with E-state index in [0.717, 1.165) is 25.2 Å². The summed E-state index contributed by atoms with van der Waals surface area (Å²) in [5, 5.41) is 11.9. The number of nitriles is 1. The highest BCUT2D eigenvalue weighted by atomic mass is 19.4. The van der Waals surface area contributed by atoms with Crippen LogP contribution >= 0.6 is 0 Å². The summed E-state index contributed by atoms with van der Waals surface area (Å²) in [6.07, 6.45) is -4.42. The Labute approximate surface area is 110 Å². The molecule has 1 aromatic carbocycles. The molecule has 0 aliphatic rings. The Morgan fingerprint density at radius 1 is 1.37 bits per heavy atom. The largest absolute Gasteiger partial charge is 0.416 e. The number of alkyl halides is 3. The molecule has 0 radical (unpaired) electrons. The van der Waals surface area contributed by atoms with Gasteiger partial charge < -0.3 is 10.2 Å². The zero-order valence-corrected chi connectivity index (χ0v) is 10.9. The summed E-state index contributed by atoms with van der Waals surface area (Å²) in [5.41, 5.74) is -0.366. The SMILES string of the molecule is CCN(C)CCNc1ccc(C(F)(F)F)cc1C#N. The molecule has 0 aliphatic heterocycles. The molecule has 0 atom stereocenters. The van der Waals surface area contributed by atoms with Crippen LogP contribution < -0.4 is 5.32 Å². The molecule has 0 heterocycles. The molecule has 3 nitrogen and oxygen atoms in total. The second kappa shape index (κ2) is 6.43. The van der Waals surface area contributed by atoms with Gasteiger partial charge in [0.1, 0.15) is 6.07 Å². The first-order chi connectivity index (χ1) is 8.88. The summed E-state index contributed by atoms with van der Waals surface area (Å²) < 4.78 is 37.5. The van der Waals surface area contributed by atoms with E-state index in [0.29, 0.717) is 12.2 Å². The van der Waals surface area contributed by atoms with Crippen LogP contribution in [0, 0.1) is 11.3 Å². The fourth-order valence-corrected chi connectivity index (χ4v) is 1.51. The molecule has 0 fully saturated rings. The molecule has 1 aromatic rings. The molecule has 0 aliphatic carbocycles. The summed E-state index contributed by atoms with van der Waals surface area (Å²) in [6, 6.07) is 4.93. The van der Waals surface area contributed by atoms with Crippen molar-refractivity contribution >= 4 is 5.69 Å². The maximum absolute atomic E-state index is 12.5. The number of halogens is 3. The molecule has 1 N–H and O–H groups in total. The van der Waals surface area contributed by atoms with Gasteiger partial charge in [0.05, 0.1) is 16.8 Å². The highest BCUT2D eigenvalue weighted by molar-refractivity contribution is 5.59. The fourth-order valence-electron chi connectivity index (χ4n) is 1.51. The Kier molecular flexibility index (Phi) is 5.19. The van der Waals surface area contributed by atoms with Gasteiger partial charge in [0, 0.05) is 13.1 Å². The maximum atomic E-state index is 12.5. The average molecular weight is 271 g/mol. The molecule has 0 aromatic heterocycles.